The number of Topliss-reactive ketones (excluding diaryl/α,β-unsaturated/α-hetero) is 1. The average Bonchev–Trinajstić information content (AvgIpc) is 3.34. The Labute approximate surface area is 159 Å². The molecule has 5 heteroatoms. The van der Waals surface area contributed by atoms with Crippen molar-refractivity contribution in [1.29, 1.82) is 0 Å². The Hall–Kier alpha value is -1.56. The summed E-state index contributed by atoms with van der Waals surface area (Å²) in [5, 5.41) is 4.73. The molecule has 1 N–H and O–H groups in total. The average molecular weight is 371 g/mol. The number of benzene rings is 1. The zero-order valence-corrected chi connectivity index (χ0v) is 16.1. The maximum Gasteiger partial charge on any atom is 0.168 e. The first kappa shape index (κ1) is 17.8. The van der Waals surface area contributed by atoms with Gasteiger partial charge in [0.25, 0.3) is 0 Å². The number of hydrogen-bond donors (Lipinski definition) is 1. The topological polar surface area (TPSA) is 51.2 Å². The van der Waals surface area contributed by atoms with Crippen LogP contribution in [0.5, 0.6) is 0 Å². The second-order valence-electron chi connectivity index (χ2n) is 7.48. The third-order valence-corrected chi connectivity index (χ3v) is 6.35. The van der Waals surface area contributed by atoms with E-state index in [0.717, 1.165) is 41.1 Å². The first-order valence-electron chi connectivity index (χ1n) is 9.54. The van der Waals surface area contributed by atoms with Gasteiger partial charge in [-0.3, -0.25) is 4.79 Å². The van der Waals surface area contributed by atoms with Crippen LogP contribution in [0.2, 0.25) is 0 Å². The SMILES string of the molecule is Cc1ncc(CC(=O)c2cccc(C3CC3NCC3CCOCC3)c2)s1. The fourth-order valence-corrected chi connectivity index (χ4v) is 4.54. The minimum absolute atomic E-state index is 0.183. The summed E-state index contributed by atoms with van der Waals surface area (Å²) in [5.41, 5.74) is 2.12. The van der Waals surface area contributed by atoms with Gasteiger partial charge in [0.05, 0.1) is 5.01 Å². The van der Waals surface area contributed by atoms with Crippen LogP contribution in [0.15, 0.2) is 30.5 Å². The summed E-state index contributed by atoms with van der Waals surface area (Å²) < 4.78 is 5.43. The van der Waals surface area contributed by atoms with Crippen LogP contribution in [-0.4, -0.2) is 36.6 Å². The van der Waals surface area contributed by atoms with E-state index in [9.17, 15) is 4.79 Å². The lowest BCUT2D eigenvalue weighted by atomic mass is 10.00. The van der Waals surface area contributed by atoms with Crippen LogP contribution < -0.4 is 5.32 Å². The molecule has 0 bridgehead atoms. The van der Waals surface area contributed by atoms with Crippen molar-refractivity contribution in [2.75, 3.05) is 19.8 Å². The molecule has 0 spiro atoms. The predicted octanol–water partition coefficient (Wildman–Crippen LogP) is 3.75. The minimum atomic E-state index is 0.183. The van der Waals surface area contributed by atoms with Gasteiger partial charge in [-0.05, 0) is 50.3 Å². The fraction of sp³-hybridized carbons (Fsp3) is 0.524. The third-order valence-electron chi connectivity index (χ3n) is 5.44. The smallest absolute Gasteiger partial charge is 0.168 e. The number of thiazole rings is 1. The van der Waals surface area contributed by atoms with Crippen LogP contribution in [-0.2, 0) is 11.2 Å². The second kappa shape index (κ2) is 7.99. The molecule has 2 atom stereocenters. The fourth-order valence-electron chi connectivity index (χ4n) is 3.75. The molecular formula is C21H26N2O2S. The Kier molecular flexibility index (Phi) is 5.48. The summed E-state index contributed by atoms with van der Waals surface area (Å²) in [6.45, 7) is 4.88. The molecule has 1 aromatic carbocycles. The Balaban J connectivity index is 1.32. The van der Waals surface area contributed by atoms with Gasteiger partial charge in [-0.25, -0.2) is 4.98 Å². The Morgan fingerprint density at radius 1 is 1.35 bits per heavy atom. The molecule has 0 amide bonds. The number of rotatable bonds is 7. The normalized spacial score (nSPS) is 23.1. The zero-order chi connectivity index (χ0) is 17.9. The molecule has 0 radical (unpaired) electrons. The van der Waals surface area contributed by atoms with Crippen molar-refractivity contribution in [2.45, 2.75) is 44.6 Å². The van der Waals surface area contributed by atoms with Crippen molar-refractivity contribution >= 4 is 17.1 Å². The molecule has 138 valence electrons. The van der Waals surface area contributed by atoms with Crippen molar-refractivity contribution in [3.8, 4) is 0 Å². The van der Waals surface area contributed by atoms with Crippen LogP contribution in [0.25, 0.3) is 0 Å². The molecule has 26 heavy (non-hydrogen) atoms. The Morgan fingerprint density at radius 3 is 2.96 bits per heavy atom. The van der Waals surface area contributed by atoms with Crippen LogP contribution in [0.4, 0.5) is 0 Å². The predicted molar refractivity (Wildman–Crippen MR) is 104 cm³/mol. The number of carbonyl (C=O) groups is 1. The van der Waals surface area contributed by atoms with E-state index in [1.807, 2.05) is 25.3 Å². The molecule has 2 heterocycles. The molecule has 1 aliphatic heterocycles. The van der Waals surface area contributed by atoms with Gasteiger partial charge in [0.15, 0.2) is 5.78 Å². The molecular weight excluding hydrogens is 344 g/mol. The van der Waals surface area contributed by atoms with E-state index in [1.165, 1.54) is 24.8 Å². The molecule has 1 saturated heterocycles. The molecule has 2 fully saturated rings. The van der Waals surface area contributed by atoms with E-state index in [-0.39, 0.29) is 5.78 Å². The van der Waals surface area contributed by atoms with Gasteiger partial charge < -0.3 is 10.1 Å². The lowest BCUT2D eigenvalue weighted by molar-refractivity contribution is 0.0662. The van der Waals surface area contributed by atoms with Gasteiger partial charge in [-0.1, -0.05) is 18.2 Å². The van der Waals surface area contributed by atoms with Crippen molar-refractivity contribution in [2.24, 2.45) is 5.92 Å². The van der Waals surface area contributed by atoms with Crippen molar-refractivity contribution in [3.05, 3.63) is 51.5 Å². The largest absolute Gasteiger partial charge is 0.381 e. The van der Waals surface area contributed by atoms with Crippen LogP contribution in [0, 0.1) is 12.8 Å². The maximum atomic E-state index is 12.6. The zero-order valence-electron chi connectivity index (χ0n) is 15.2. The molecule has 4 rings (SSSR count). The molecule has 2 aliphatic rings. The number of ketones is 1. The summed E-state index contributed by atoms with van der Waals surface area (Å²) in [4.78, 5) is 17.9. The van der Waals surface area contributed by atoms with Crippen molar-refractivity contribution in [3.63, 3.8) is 0 Å². The van der Waals surface area contributed by atoms with E-state index < -0.39 is 0 Å². The molecule has 1 aromatic heterocycles. The van der Waals surface area contributed by atoms with Gasteiger partial charge in [0.2, 0.25) is 0 Å². The molecule has 1 saturated carbocycles. The number of carbonyl (C=O) groups excluding carboxylic acids is 1. The summed E-state index contributed by atoms with van der Waals surface area (Å²) in [6, 6.07) is 8.78. The van der Waals surface area contributed by atoms with Crippen LogP contribution >= 0.6 is 11.3 Å². The van der Waals surface area contributed by atoms with E-state index in [1.54, 1.807) is 11.3 Å². The summed E-state index contributed by atoms with van der Waals surface area (Å²) in [7, 11) is 0. The first-order chi connectivity index (χ1) is 12.7. The highest BCUT2D eigenvalue weighted by molar-refractivity contribution is 7.11. The number of nitrogens with one attached hydrogen (secondary N) is 1. The standard InChI is InChI=1S/C21H26N2O2S/c1-14-22-13-18(26-14)10-21(24)17-4-2-3-16(9-17)19-11-20(19)23-12-15-5-7-25-8-6-15/h2-4,9,13,15,19-20,23H,5-8,10-12H2,1H3. The number of aryl methyl sites for hydroxylation is 1. The summed E-state index contributed by atoms with van der Waals surface area (Å²) in [6.07, 6.45) is 5.79. The highest BCUT2D eigenvalue weighted by Crippen LogP contribution is 2.41. The number of nitrogens with zero attached hydrogens (tertiary/aromatic N) is 1. The van der Waals surface area contributed by atoms with Crippen molar-refractivity contribution in [1.82, 2.24) is 10.3 Å². The molecule has 4 nitrogen and oxygen atoms in total. The van der Waals surface area contributed by atoms with Crippen LogP contribution in [0.3, 0.4) is 0 Å². The van der Waals surface area contributed by atoms with Gasteiger partial charge in [-0.2, -0.15) is 0 Å². The lowest BCUT2D eigenvalue weighted by Gasteiger charge is -2.22. The highest BCUT2D eigenvalue weighted by atomic mass is 32.1. The van der Waals surface area contributed by atoms with Gasteiger partial charge in [0.1, 0.15) is 0 Å². The van der Waals surface area contributed by atoms with Crippen molar-refractivity contribution < 1.29 is 9.53 Å². The number of hydrogen-bond acceptors (Lipinski definition) is 5. The van der Waals surface area contributed by atoms with Crippen LogP contribution in [0.1, 0.15) is 51.0 Å². The Morgan fingerprint density at radius 2 is 2.19 bits per heavy atom. The van der Waals surface area contributed by atoms with Gasteiger partial charge >= 0.3 is 0 Å². The molecule has 1 aliphatic carbocycles. The monoisotopic (exact) mass is 370 g/mol. The van der Waals surface area contributed by atoms with E-state index >= 15 is 0 Å². The van der Waals surface area contributed by atoms with E-state index in [0.29, 0.717) is 18.4 Å². The Bertz CT molecular complexity index is 767. The van der Waals surface area contributed by atoms with Gasteiger partial charge in [0, 0.05) is 48.2 Å². The second-order valence-corrected chi connectivity index (χ2v) is 8.80. The molecule has 2 unspecified atom stereocenters. The highest BCUT2D eigenvalue weighted by Gasteiger charge is 2.38. The lowest BCUT2D eigenvalue weighted by Crippen LogP contribution is -2.29. The molecule has 2 aromatic rings. The quantitative estimate of drug-likeness (QED) is 0.754. The summed E-state index contributed by atoms with van der Waals surface area (Å²) >= 11 is 1.60. The minimum Gasteiger partial charge on any atom is -0.381 e. The first-order valence-corrected chi connectivity index (χ1v) is 10.4. The number of ether oxygens (including phenoxy) is 1. The van der Waals surface area contributed by atoms with E-state index in [2.05, 4.69) is 22.4 Å². The van der Waals surface area contributed by atoms with E-state index in [4.69, 9.17) is 4.74 Å². The number of aromatic nitrogens is 1. The third kappa shape index (κ3) is 4.40. The van der Waals surface area contributed by atoms with Gasteiger partial charge in [-0.15, -0.1) is 11.3 Å². The summed E-state index contributed by atoms with van der Waals surface area (Å²) in [5.74, 6) is 1.48. The maximum absolute atomic E-state index is 12.6.